The second-order valence-corrected chi connectivity index (χ2v) is 5.29. The molecule has 0 radical (unpaired) electrons. The van der Waals surface area contributed by atoms with Crippen LogP contribution < -0.4 is 10.1 Å². The maximum Gasteiger partial charge on any atom is 0.133 e. The molecule has 4 heteroatoms. The first-order valence-corrected chi connectivity index (χ1v) is 7.01. The number of fused-ring (bicyclic) bond motifs is 1. The number of aromatic nitrogens is 2. The highest BCUT2D eigenvalue weighted by Gasteiger charge is 2.19. The maximum atomic E-state index is 5.78. The van der Waals surface area contributed by atoms with Crippen LogP contribution in [0.25, 0.3) is 11.3 Å². The van der Waals surface area contributed by atoms with Crippen LogP contribution in [0.2, 0.25) is 0 Å². The summed E-state index contributed by atoms with van der Waals surface area (Å²) in [6.07, 6.45) is 0.976. The van der Waals surface area contributed by atoms with Crippen molar-refractivity contribution in [3.63, 3.8) is 0 Å². The van der Waals surface area contributed by atoms with Crippen LogP contribution in [0.4, 0.5) is 5.82 Å². The zero-order valence-corrected chi connectivity index (χ0v) is 12.1. The lowest BCUT2D eigenvalue weighted by Gasteiger charge is -2.12. The van der Waals surface area contributed by atoms with Crippen LogP contribution in [0.1, 0.15) is 31.2 Å². The molecule has 0 fully saturated rings. The molecule has 0 unspecified atom stereocenters. The predicted molar refractivity (Wildman–Crippen MR) is 80.3 cm³/mol. The normalized spacial score (nSPS) is 13.2. The van der Waals surface area contributed by atoms with Gasteiger partial charge >= 0.3 is 0 Å². The molecule has 4 nitrogen and oxygen atoms in total. The van der Waals surface area contributed by atoms with E-state index >= 15 is 0 Å². The molecule has 0 amide bonds. The van der Waals surface area contributed by atoms with Crippen LogP contribution in [0.15, 0.2) is 24.3 Å². The van der Waals surface area contributed by atoms with Crippen molar-refractivity contribution in [2.24, 2.45) is 0 Å². The molecule has 0 saturated carbocycles. The Hall–Kier alpha value is -2.10. The van der Waals surface area contributed by atoms with Crippen molar-refractivity contribution in [1.29, 1.82) is 0 Å². The van der Waals surface area contributed by atoms with Gasteiger partial charge in [-0.25, -0.2) is 9.97 Å². The SMILES string of the molecule is CNc1cc(-c2cccc3c2OCC3)nc(C(C)C)n1. The van der Waals surface area contributed by atoms with Gasteiger partial charge < -0.3 is 10.1 Å². The number of benzene rings is 1. The van der Waals surface area contributed by atoms with Crippen LogP contribution in [0.5, 0.6) is 5.75 Å². The number of rotatable bonds is 3. The van der Waals surface area contributed by atoms with Crippen LogP contribution in [-0.2, 0) is 6.42 Å². The lowest BCUT2D eigenvalue weighted by atomic mass is 10.0. The number of para-hydroxylation sites is 1. The Labute approximate surface area is 119 Å². The largest absolute Gasteiger partial charge is 0.492 e. The van der Waals surface area contributed by atoms with Crippen molar-refractivity contribution >= 4 is 5.82 Å². The van der Waals surface area contributed by atoms with Gasteiger partial charge in [-0.15, -0.1) is 0 Å². The fourth-order valence-electron chi connectivity index (χ4n) is 2.41. The van der Waals surface area contributed by atoms with Crippen molar-refractivity contribution in [3.8, 4) is 17.0 Å². The molecule has 20 heavy (non-hydrogen) atoms. The highest BCUT2D eigenvalue weighted by Crippen LogP contribution is 2.36. The first kappa shape index (κ1) is 12.9. The molecule has 0 spiro atoms. The van der Waals surface area contributed by atoms with E-state index < -0.39 is 0 Å². The summed E-state index contributed by atoms with van der Waals surface area (Å²) in [5.41, 5.74) is 3.24. The summed E-state index contributed by atoms with van der Waals surface area (Å²) in [5.74, 6) is 2.96. The Morgan fingerprint density at radius 1 is 1.25 bits per heavy atom. The van der Waals surface area contributed by atoms with E-state index in [0.717, 1.165) is 41.7 Å². The molecule has 3 rings (SSSR count). The number of anilines is 1. The van der Waals surface area contributed by atoms with Gasteiger partial charge in [0.15, 0.2) is 0 Å². The Balaban J connectivity index is 2.15. The van der Waals surface area contributed by atoms with Gasteiger partial charge in [0.05, 0.1) is 12.3 Å². The van der Waals surface area contributed by atoms with Crippen molar-refractivity contribution < 1.29 is 4.74 Å². The van der Waals surface area contributed by atoms with Crippen molar-refractivity contribution in [1.82, 2.24) is 9.97 Å². The minimum absolute atomic E-state index is 0.291. The molecular weight excluding hydrogens is 250 g/mol. The molecule has 1 aromatic carbocycles. The van der Waals surface area contributed by atoms with Crippen LogP contribution in [0, 0.1) is 0 Å². The minimum Gasteiger partial charge on any atom is -0.492 e. The Bertz CT molecular complexity index is 638. The summed E-state index contributed by atoms with van der Waals surface area (Å²) in [5, 5.41) is 3.11. The molecule has 2 aromatic rings. The average molecular weight is 269 g/mol. The fraction of sp³-hybridized carbons (Fsp3) is 0.375. The number of hydrogen-bond acceptors (Lipinski definition) is 4. The van der Waals surface area contributed by atoms with Crippen molar-refractivity contribution in [2.45, 2.75) is 26.2 Å². The second kappa shape index (κ2) is 5.12. The molecule has 1 aliphatic rings. The Morgan fingerprint density at radius 3 is 2.85 bits per heavy atom. The summed E-state index contributed by atoms with van der Waals surface area (Å²) < 4.78 is 5.78. The lowest BCUT2D eigenvalue weighted by Crippen LogP contribution is -2.03. The standard InChI is InChI=1S/C16H19N3O/c1-10(2)16-18-13(9-14(17-3)19-16)12-6-4-5-11-7-8-20-15(11)12/h4-6,9-10H,7-8H2,1-3H3,(H,17,18,19). The van der Waals surface area contributed by atoms with E-state index in [1.54, 1.807) is 0 Å². The predicted octanol–water partition coefficient (Wildman–Crippen LogP) is 3.24. The minimum atomic E-state index is 0.291. The van der Waals surface area contributed by atoms with Crippen molar-refractivity contribution in [3.05, 3.63) is 35.7 Å². The van der Waals surface area contributed by atoms with Crippen molar-refractivity contribution in [2.75, 3.05) is 19.0 Å². The van der Waals surface area contributed by atoms with Gasteiger partial charge in [0.2, 0.25) is 0 Å². The molecule has 0 aliphatic carbocycles. The van der Waals surface area contributed by atoms with Gasteiger partial charge in [0.25, 0.3) is 0 Å². The summed E-state index contributed by atoms with van der Waals surface area (Å²) in [4.78, 5) is 9.20. The number of nitrogens with one attached hydrogen (secondary N) is 1. The van der Waals surface area contributed by atoms with E-state index in [-0.39, 0.29) is 0 Å². The smallest absolute Gasteiger partial charge is 0.133 e. The molecular formula is C16H19N3O. The first-order chi connectivity index (χ1) is 9.69. The summed E-state index contributed by atoms with van der Waals surface area (Å²) in [6.45, 7) is 4.96. The molecule has 1 aliphatic heterocycles. The molecule has 1 aromatic heterocycles. The average Bonchev–Trinajstić information content (AvgIpc) is 2.94. The zero-order valence-electron chi connectivity index (χ0n) is 12.1. The quantitative estimate of drug-likeness (QED) is 0.929. The summed E-state index contributed by atoms with van der Waals surface area (Å²) in [6, 6.07) is 8.23. The van der Waals surface area contributed by atoms with Crippen LogP contribution in [-0.4, -0.2) is 23.6 Å². The van der Waals surface area contributed by atoms with E-state index in [1.807, 2.05) is 13.1 Å². The first-order valence-electron chi connectivity index (χ1n) is 7.01. The lowest BCUT2D eigenvalue weighted by molar-refractivity contribution is 0.358. The third-order valence-electron chi connectivity index (χ3n) is 3.51. The van der Waals surface area contributed by atoms with Crippen LogP contribution in [0.3, 0.4) is 0 Å². The second-order valence-electron chi connectivity index (χ2n) is 5.29. The maximum absolute atomic E-state index is 5.78. The molecule has 104 valence electrons. The van der Waals surface area contributed by atoms with Crippen LogP contribution >= 0.6 is 0 Å². The van der Waals surface area contributed by atoms with E-state index in [1.165, 1.54) is 5.56 Å². The third kappa shape index (κ3) is 2.22. The molecule has 0 saturated heterocycles. The van der Waals surface area contributed by atoms with E-state index in [2.05, 4.69) is 42.3 Å². The highest BCUT2D eigenvalue weighted by molar-refractivity contribution is 5.71. The molecule has 0 bridgehead atoms. The summed E-state index contributed by atoms with van der Waals surface area (Å²) in [7, 11) is 1.88. The number of hydrogen-bond donors (Lipinski definition) is 1. The third-order valence-corrected chi connectivity index (χ3v) is 3.51. The van der Waals surface area contributed by atoms with E-state index in [9.17, 15) is 0 Å². The molecule has 0 atom stereocenters. The molecule has 2 heterocycles. The van der Waals surface area contributed by atoms with E-state index in [0.29, 0.717) is 5.92 Å². The Kier molecular flexibility index (Phi) is 3.30. The van der Waals surface area contributed by atoms with Gasteiger partial charge in [-0.1, -0.05) is 26.0 Å². The van der Waals surface area contributed by atoms with Gasteiger partial charge in [0, 0.05) is 31.0 Å². The number of nitrogens with zero attached hydrogens (tertiary/aromatic N) is 2. The van der Waals surface area contributed by atoms with Gasteiger partial charge in [-0.3, -0.25) is 0 Å². The number of ether oxygens (including phenoxy) is 1. The topological polar surface area (TPSA) is 47.0 Å². The summed E-state index contributed by atoms with van der Waals surface area (Å²) >= 11 is 0. The van der Waals surface area contributed by atoms with Gasteiger partial charge in [-0.05, 0) is 11.6 Å². The molecule has 1 N–H and O–H groups in total. The highest BCUT2D eigenvalue weighted by atomic mass is 16.5. The zero-order chi connectivity index (χ0) is 14.1. The fourth-order valence-corrected chi connectivity index (χ4v) is 2.41. The van der Waals surface area contributed by atoms with E-state index in [4.69, 9.17) is 9.72 Å². The Morgan fingerprint density at radius 2 is 2.10 bits per heavy atom. The monoisotopic (exact) mass is 269 g/mol. The van der Waals surface area contributed by atoms with Gasteiger partial charge in [-0.2, -0.15) is 0 Å². The van der Waals surface area contributed by atoms with Gasteiger partial charge in [0.1, 0.15) is 17.4 Å².